The fraction of sp³-hybridized carbons (Fsp3) is 0.0526. The summed E-state index contributed by atoms with van der Waals surface area (Å²) < 4.78 is 13.6. The van der Waals surface area contributed by atoms with E-state index in [2.05, 4.69) is 16.4 Å². The third kappa shape index (κ3) is 4.05. The first-order valence-electron chi connectivity index (χ1n) is 7.52. The zero-order chi connectivity index (χ0) is 18.7. The second-order valence-electron chi connectivity index (χ2n) is 5.44. The number of nitrogens with zero attached hydrogens (tertiary/aromatic N) is 2. The zero-order valence-corrected chi connectivity index (χ0v) is 15.9. The number of nitriles is 1. The molecule has 0 aliphatic carbocycles. The van der Waals surface area contributed by atoms with Gasteiger partial charge in [-0.25, -0.2) is 9.37 Å². The van der Waals surface area contributed by atoms with E-state index in [1.54, 1.807) is 31.2 Å². The van der Waals surface area contributed by atoms with Gasteiger partial charge in [-0.05, 0) is 36.8 Å². The van der Waals surface area contributed by atoms with Crippen LogP contribution in [0, 0.1) is 24.1 Å². The van der Waals surface area contributed by atoms with Gasteiger partial charge < -0.3 is 5.32 Å². The maximum atomic E-state index is 13.6. The first kappa shape index (κ1) is 18.4. The highest BCUT2D eigenvalue weighted by Gasteiger charge is 2.10. The van der Waals surface area contributed by atoms with Crippen LogP contribution in [-0.4, -0.2) is 4.98 Å². The van der Waals surface area contributed by atoms with Gasteiger partial charge in [0.05, 0.1) is 15.7 Å². The molecule has 0 saturated carbocycles. The van der Waals surface area contributed by atoms with Crippen LogP contribution in [0.4, 0.5) is 10.1 Å². The van der Waals surface area contributed by atoms with Crippen molar-refractivity contribution in [2.24, 2.45) is 0 Å². The molecule has 0 aliphatic rings. The maximum absolute atomic E-state index is 13.6. The molecule has 0 amide bonds. The van der Waals surface area contributed by atoms with E-state index in [0.717, 1.165) is 5.56 Å². The summed E-state index contributed by atoms with van der Waals surface area (Å²) in [6, 6.07) is 12.1. The van der Waals surface area contributed by atoms with Gasteiger partial charge in [0.15, 0.2) is 0 Å². The average molecular weight is 404 g/mol. The van der Waals surface area contributed by atoms with Crippen LogP contribution in [-0.2, 0) is 0 Å². The van der Waals surface area contributed by atoms with Gasteiger partial charge in [-0.15, -0.1) is 11.3 Å². The minimum atomic E-state index is -0.307. The first-order valence-corrected chi connectivity index (χ1v) is 9.16. The molecule has 1 heterocycles. The number of allylic oxidation sites excluding steroid dienone is 1. The van der Waals surface area contributed by atoms with E-state index in [-0.39, 0.29) is 5.82 Å². The number of thiazole rings is 1. The molecule has 0 unspecified atom stereocenters. The van der Waals surface area contributed by atoms with Crippen LogP contribution in [0.2, 0.25) is 10.0 Å². The van der Waals surface area contributed by atoms with Gasteiger partial charge in [-0.1, -0.05) is 35.3 Å². The van der Waals surface area contributed by atoms with Crippen LogP contribution in [0.5, 0.6) is 0 Å². The van der Waals surface area contributed by atoms with E-state index in [1.807, 2.05) is 11.4 Å². The summed E-state index contributed by atoms with van der Waals surface area (Å²) in [6.07, 6.45) is 1.52. The van der Waals surface area contributed by atoms with Gasteiger partial charge >= 0.3 is 0 Å². The van der Waals surface area contributed by atoms with Crippen LogP contribution in [0.1, 0.15) is 10.6 Å². The lowest BCUT2D eigenvalue weighted by Crippen LogP contribution is -1.93. The van der Waals surface area contributed by atoms with Gasteiger partial charge in [-0.3, -0.25) is 0 Å². The summed E-state index contributed by atoms with van der Waals surface area (Å²) >= 11 is 13.3. The Morgan fingerprint density at radius 3 is 2.73 bits per heavy atom. The molecule has 0 bridgehead atoms. The summed E-state index contributed by atoms with van der Waals surface area (Å²) in [5.41, 5.74) is 2.98. The van der Waals surface area contributed by atoms with E-state index in [0.29, 0.717) is 37.6 Å². The Morgan fingerprint density at radius 1 is 1.23 bits per heavy atom. The van der Waals surface area contributed by atoms with E-state index >= 15 is 0 Å². The Kier molecular flexibility index (Phi) is 5.58. The lowest BCUT2D eigenvalue weighted by Gasteiger charge is -2.03. The summed E-state index contributed by atoms with van der Waals surface area (Å²) in [6.45, 7) is 1.69. The molecule has 0 fully saturated rings. The first-order chi connectivity index (χ1) is 12.5. The van der Waals surface area contributed by atoms with Crippen LogP contribution >= 0.6 is 34.5 Å². The number of aromatic nitrogens is 1. The number of hydrogen-bond acceptors (Lipinski definition) is 4. The highest BCUT2D eigenvalue weighted by atomic mass is 35.5. The fourth-order valence-electron chi connectivity index (χ4n) is 2.17. The van der Waals surface area contributed by atoms with Crippen molar-refractivity contribution in [2.45, 2.75) is 6.92 Å². The summed E-state index contributed by atoms with van der Waals surface area (Å²) in [4.78, 5) is 4.48. The van der Waals surface area contributed by atoms with Crippen molar-refractivity contribution < 1.29 is 4.39 Å². The molecule has 3 rings (SSSR count). The van der Waals surface area contributed by atoms with Crippen molar-refractivity contribution in [3.63, 3.8) is 0 Å². The number of benzene rings is 2. The number of rotatable bonds is 4. The van der Waals surface area contributed by atoms with Crippen LogP contribution in [0.3, 0.4) is 0 Å². The Balaban J connectivity index is 1.84. The number of nitrogens with one attached hydrogen (secondary N) is 1. The summed E-state index contributed by atoms with van der Waals surface area (Å²) in [5.74, 6) is -0.307. The standard InChI is InChI=1S/C19H12Cl2FN3S/c1-11-2-4-14(7-17(11)22)24-9-13(8-23)19-25-18(10-26-19)12-3-5-15(20)16(21)6-12/h2-7,9-10,24H,1H3. The van der Waals surface area contributed by atoms with Crippen LogP contribution in [0.15, 0.2) is 48.0 Å². The lowest BCUT2D eigenvalue weighted by atomic mass is 10.2. The molecule has 130 valence electrons. The minimum Gasteiger partial charge on any atom is -0.360 e. The fourth-order valence-corrected chi connectivity index (χ4v) is 3.26. The quantitative estimate of drug-likeness (QED) is 0.502. The molecule has 2 aromatic carbocycles. The summed E-state index contributed by atoms with van der Waals surface area (Å²) in [5, 5.41) is 15.6. The van der Waals surface area contributed by atoms with E-state index in [1.165, 1.54) is 23.6 Å². The molecule has 3 nitrogen and oxygen atoms in total. The molecule has 0 spiro atoms. The smallest absolute Gasteiger partial charge is 0.136 e. The molecule has 0 aliphatic heterocycles. The third-order valence-electron chi connectivity index (χ3n) is 3.63. The Labute approximate surface area is 164 Å². The second-order valence-corrected chi connectivity index (χ2v) is 7.12. The van der Waals surface area contributed by atoms with Gasteiger partial charge in [-0.2, -0.15) is 5.26 Å². The molecular weight excluding hydrogens is 392 g/mol. The highest BCUT2D eigenvalue weighted by molar-refractivity contribution is 7.11. The molecule has 0 radical (unpaired) electrons. The van der Waals surface area contributed by atoms with Crippen molar-refractivity contribution in [1.29, 1.82) is 5.26 Å². The molecule has 0 atom stereocenters. The van der Waals surface area contributed by atoms with E-state index in [4.69, 9.17) is 23.2 Å². The largest absolute Gasteiger partial charge is 0.360 e. The van der Waals surface area contributed by atoms with Gasteiger partial charge in [0.25, 0.3) is 0 Å². The molecule has 3 aromatic rings. The average Bonchev–Trinajstić information content (AvgIpc) is 3.11. The predicted molar refractivity (Wildman–Crippen MR) is 106 cm³/mol. The minimum absolute atomic E-state index is 0.307. The predicted octanol–water partition coefficient (Wildman–Crippen LogP) is 6.54. The van der Waals surface area contributed by atoms with Crippen molar-refractivity contribution in [2.75, 3.05) is 5.32 Å². The normalized spacial score (nSPS) is 11.3. The Bertz CT molecular complexity index is 1040. The number of aryl methyl sites for hydroxylation is 1. The molecule has 26 heavy (non-hydrogen) atoms. The zero-order valence-electron chi connectivity index (χ0n) is 13.6. The number of hydrogen-bond donors (Lipinski definition) is 1. The molecule has 1 N–H and O–H groups in total. The van der Waals surface area contributed by atoms with Gasteiger partial charge in [0, 0.05) is 22.8 Å². The molecule has 7 heteroatoms. The third-order valence-corrected chi connectivity index (χ3v) is 5.24. The van der Waals surface area contributed by atoms with E-state index < -0.39 is 0 Å². The van der Waals surface area contributed by atoms with Crippen molar-refractivity contribution >= 4 is 45.8 Å². The Hall–Kier alpha value is -2.39. The monoisotopic (exact) mass is 403 g/mol. The van der Waals surface area contributed by atoms with Crippen molar-refractivity contribution in [1.82, 2.24) is 4.98 Å². The maximum Gasteiger partial charge on any atom is 0.136 e. The van der Waals surface area contributed by atoms with E-state index in [9.17, 15) is 9.65 Å². The summed E-state index contributed by atoms with van der Waals surface area (Å²) in [7, 11) is 0. The lowest BCUT2D eigenvalue weighted by molar-refractivity contribution is 0.619. The Morgan fingerprint density at radius 2 is 2.04 bits per heavy atom. The SMILES string of the molecule is Cc1ccc(NC=C(C#N)c2nc(-c3ccc(Cl)c(Cl)c3)cs2)cc1F. The van der Waals surface area contributed by atoms with Gasteiger partial charge in [0.2, 0.25) is 0 Å². The van der Waals surface area contributed by atoms with Crippen LogP contribution in [0.25, 0.3) is 16.8 Å². The topological polar surface area (TPSA) is 48.7 Å². The van der Waals surface area contributed by atoms with Crippen molar-refractivity contribution in [3.8, 4) is 17.3 Å². The highest BCUT2D eigenvalue weighted by Crippen LogP contribution is 2.30. The van der Waals surface area contributed by atoms with Gasteiger partial charge in [0.1, 0.15) is 22.5 Å². The van der Waals surface area contributed by atoms with Crippen LogP contribution < -0.4 is 5.32 Å². The van der Waals surface area contributed by atoms with Crippen molar-refractivity contribution in [3.05, 3.63) is 74.4 Å². The number of anilines is 1. The number of halogens is 3. The second kappa shape index (κ2) is 7.88. The molecular formula is C19H12Cl2FN3S. The molecule has 0 saturated heterocycles. The molecule has 1 aromatic heterocycles.